The van der Waals surface area contributed by atoms with E-state index in [-0.39, 0.29) is 18.6 Å². The molecule has 2 atom stereocenters. The van der Waals surface area contributed by atoms with Gasteiger partial charge in [-0.2, -0.15) is 0 Å². The molecule has 0 saturated carbocycles. The van der Waals surface area contributed by atoms with Gasteiger partial charge in [-0.3, -0.25) is 14.6 Å². The molecule has 0 amide bonds. The minimum atomic E-state index is -5.11. The number of Topliss-reactive ketones (excluding diaryl/α,β-unsaturated/α-hetero) is 1. The van der Waals surface area contributed by atoms with Crippen LogP contribution in [0.2, 0.25) is 0 Å². The first kappa shape index (κ1) is 19.1. The average molecular weight is 354 g/mol. The van der Waals surface area contributed by atoms with Gasteiger partial charge in [-0.05, 0) is 6.92 Å². The molecule has 0 aliphatic carbocycles. The van der Waals surface area contributed by atoms with Gasteiger partial charge in [0.25, 0.3) is 5.76 Å². The van der Waals surface area contributed by atoms with Crippen LogP contribution in [0.3, 0.4) is 0 Å². The van der Waals surface area contributed by atoms with Crippen molar-refractivity contribution in [1.29, 1.82) is 0 Å². The van der Waals surface area contributed by atoms with E-state index < -0.39 is 50.1 Å². The maximum absolute atomic E-state index is 11.3. The van der Waals surface area contributed by atoms with E-state index in [1.54, 1.807) is 0 Å². The van der Waals surface area contributed by atoms with Crippen LogP contribution in [0, 0.1) is 0 Å². The number of aliphatic hydroxyl groups excluding tert-OH is 2. The molecule has 0 saturated heterocycles. The largest absolute Gasteiger partial charge is 0.525 e. The Morgan fingerprint density at radius 2 is 1.96 bits per heavy atom. The summed E-state index contributed by atoms with van der Waals surface area (Å²) < 4.78 is 23.7. The number of rotatable bonds is 8. The van der Waals surface area contributed by atoms with Crippen LogP contribution in [-0.2, 0) is 32.9 Å². The van der Waals surface area contributed by atoms with Crippen LogP contribution in [0.5, 0.6) is 0 Å². The molecule has 4 N–H and O–H groups in total. The van der Waals surface area contributed by atoms with Gasteiger partial charge < -0.3 is 29.0 Å². The average Bonchev–Trinajstić information content (AvgIpc) is 2.69. The van der Waals surface area contributed by atoms with Gasteiger partial charge in [-0.25, -0.2) is 9.36 Å². The van der Waals surface area contributed by atoms with Crippen LogP contribution in [0.25, 0.3) is 0 Å². The van der Waals surface area contributed by atoms with Crippen molar-refractivity contribution in [3.05, 3.63) is 11.5 Å². The molecule has 12 heteroatoms. The normalized spacial score (nSPS) is 19.3. The van der Waals surface area contributed by atoms with Gasteiger partial charge >= 0.3 is 19.8 Å². The number of ketones is 1. The van der Waals surface area contributed by atoms with Crippen molar-refractivity contribution in [3.63, 3.8) is 0 Å². The van der Waals surface area contributed by atoms with Gasteiger partial charge in [0.15, 0.2) is 11.9 Å². The topological polar surface area (TPSA) is 177 Å². The van der Waals surface area contributed by atoms with Crippen LogP contribution >= 0.6 is 7.82 Å². The second kappa shape index (κ2) is 7.55. The molecule has 11 nitrogen and oxygen atoms in total. The number of hydrogen-bond acceptors (Lipinski definition) is 9. The fraction of sp³-hybridized carbons (Fsp3) is 0.545. The molecular weight excluding hydrogens is 339 g/mol. The molecule has 1 aliphatic rings. The van der Waals surface area contributed by atoms with E-state index in [2.05, 4.69) is 14.0 Å². The molecule has 0 aromatic heterocycles. The van der Waals surface area contributed by atoms with Crippen LogP contribution in [0.15, 0.2) is 11.5 Å². The Morgan fingerprint density at radius 1 is 1.35 bits per heavy atom. The Balaban J connectivity index is 2.62. The highest BCUT2D eigenvalue weighted by Gasteiger charge is 2.43. The van der Waals surface area contributed by atoms with Crippen molar-refractivity contribution >= 4 is 25.5 Å². The molecule has 0 bridgehead atoms. The lowest BCUT2D eigenvalue weighted by molar-refractivity contribution is -0.155. The molecule has 23 heavy (non-hydrogen) atoms. The lowest BCUT2D eigenvalue weighted by Crippen LogP contribution is -2.33. The fourth-order valence-electron chi connectivity index (χ4n) is 1.54. The van der Waals surface area contributed by atoms with Crippen LogP contribution < -0.4 is 0 Å². The SMILES string of the molecule is CC(=O)CCC(=O)OCC(O)C1OC(=O)C(OP(=O)(O)O)=C1O. The summed E-state index contributed by atoms with van der Waals surface area (Å²) in [6.45, 7) is 0.605. The van der Waals surface area contributed by atoms with E-state index in [1.807, 2.05) is 0 Å². The maximum Gasteiger partial charge on any atom is 0.525 e. The Labute approximate surface area is 129 Å². The predicted octanol–water partition coefficient (Wildman–Crippen LogP) is -0.936. The van der Waals surface area contributed by atoms with E-state index in [0.717, 1.165) is 0 Å². The lowest BCUT2D eigenvalue weighted by atomic mass is 10.2. The molecule has 0 aromatic carbocycles. The van der Waals surface area contributed by atoms with Crippen molar-refractivity contribution in [2.75, 3.05) is 6.61 Å². The third-order valence-corrected chi connectivity index (χ3v) is 3.00. The van der Waals surface area contributed by atoms with Gasteiger partial charge in [-0.15, -0.1) is 0 Å². The van der Waals surface area contributed by atoms with Crippen LogP contribution in [0.1, 0.15) is 19.8 Å². The standard InChI is InChI=1S/C11H15O11P/c1-5(12)2-3-7(14)20-4-6(13)9-8(15)10(11(16)21-9)22-23(17,18)19/h6,9,13,15H,2-4H2,1H3,(H2,17,18,19). The third-order valence-electron chi connectivity index (χ3n) is 2.58. The zero-order valence-corrected chi connectivity index (χ0v) is 12.8. The summed E-state index contributed by atoms with van der Waals surface area (Å²) in [7, 11) is -5.11. The Kier molecular flexibility index (Phi) is 6.28. The van der Waals surface area contributed by atoms with Gasteiger partial charge in [0.2, 0.25) is 0 Å². The number of carbonyl (C=O) groups excluding carboxylic acids is 3. The van der Waals surface area contributed by atoms with Gasteiger partial charge in [0.1, 0.15) is 18.5 Å². The first-order valence-corrected chi connectivity index (χ1v) is 7.76. The number of carbonyl (C=O) groups is 3. The first-order chi connectivity index (χ1) is 10.5. The van der Waals surface area contributed by atoms with Crippen molar-refractivity contribution in [2.24, 2.45) is 0 Å². The molecule has 130 valence electrons. The number of cyclic esters (lactones) is 1. The highest BCUT2D eigenvalue weighted by atomic mass is 31.2. The van der Waals surface area contributed by atoms with Crippen molar-refractivity contribution in [2.45, 2.75) is 32.0 Å². The minimum Gasteiger partial charge on any atom is -0.505 e. The molecule has 1 rings (SSSR count). The summed E-state index contributed by atoms with van der Waals surface area (Å²) >= 11 is 0. The molecule has 2 unspecified atom stereocenters. The number of phosphoric acid groups is 1. The Bertz CT molecular complexity index is 575. The summed E-state index contributed by atoms with van der Waals surface area (Å²) in [4.78, 5) is 50.5. The van der Waals surface area contributed by atoms with Crippen molar-refractivity contribution in [1.82, 2.24) is 0 Å². The summed E-state index contributed by atoms with van der Waals surface area (Å²) in [5, 5.41) is 19.3. The number of esters is 2. The molecule has 0 radical (unpaired) electrons. The monoisotopic (exact) mass is 354 g/mol. The maximum atomic E-state index is 11.3. The van der Waals surface area contributed by atoms with E-state index in [4.69, 9.17) is 9.79 Å². The summed E-state index contributed by atoms with van der Waals surface area (Å²) in [6, 6.07) is 0. The number of aliphatic hydroxyl groups is 2. The minimum absolute atomic E-state index is 0.0429. The molecule has 0 spiro atoms. The Hall–Kier alpha value is -1.94. The second-order valence-electron chi connectivity index (χ2n) is 4.57. The quantitative estimate of drug-likeness (QED) is 0.312. The van der Waals surface area contributed by atoms with E-state index in [1.165, 1.54) is 6.92 Å². The highest BCUT2D eigenvalue weighted by molar-refractivity contribution is 7.46. The first-order valence-electron chi connectivity index (χ1n) is 6.23. The summed E-state index contributed by atoms with van der Waals surface area (Å²) in [5.41, 5.74) is 0. The zero-order valence-electron chi connectivity index (χ0n) is 11.9. The van der Waals surface area contributed by atoms with E-state index in [9.17, 15) is 29.2 Å². The second-order valence-corrected chi connectivity index (χ2v) is 5.74. The molecule has 0 aromatic rings. The van der Waals surface area contributed by atoms with Crippen molar-refractivity contribution in [3.8, 4) is 0 Å². The molecular formula is C11H15O11P. The highest BCUT2D eigenvalue weighted by Crippen LogP contribution is 2.42. The van der Waals surface area contributed by atoms with E-state index in [0.29, 0.717) is 0 Å². The van der Waals surface area contributed by atoms with E-state index >= 15 is 0 Å². The summed E-state index contributed by atoms with van der Waals surface area (Å²) in [5.74, 6) is -4.58. The lowest BCUT2D eigenvalue weighted by Gasteiger charge is -2.17. The van der Waals surface area contributed by atoms with Crippen LogP contribution in [0.4, 0.5) is 0 Å². The zero-order chi connectivity index (χ0) is 17.8. The van der Waals surface area contributed by atoms with Gasteiger partial charge in [0, 0.05) is 6.42 Å². The Morgan fingerprint density at radius 3 is 2.48 bits per heavy atom. The van der Waals surface area contributed by atoms with Gasteiger partial charge in [0.05, 0.1) is 6.42 Å². The van der Waals surface area contributed by atoms with Gasteiger partial charge in [-0.1, -0.05) is 0 Å². The van der Waals surface area contributed by atoms with Crippen molar-refractivity contribution < 1.29 is 52.9 Å². The number of hydrogen-bond donors (Lipinski definition) is 4. The molecule has 1 heterocycles. The number of ether oxygens (including phenoxy) is 2. The number of phosphoric ester groups is 1. The fourth-order valence-corrected chi connectivity index (χ4v) is 1.94. The molecule has 1 aliphatic heterocycles. The smallest absolute Gasteiger partial charge is 0.505 e. The molecule has 0 fully saturated rings. The van der Waals surface area contributed by atoms with Crippen LogP contribution in [-0.4, -0.2) is 56.5 Å². The third kappa shape index (κ3) is 5.99. The summed E-state index contributed by atoms with van der Waals surface area (Å²) in [6.07, 6.45) is -3.65. The predicted molar refractivity (Wildman–Crippen MR) is 69.5 cm³/mol.